The lowest BCUT2D eigenvalue weighted by Gasteiger charge is -2.14. The minimum Gasteiger partial charge on any atom is -0.469 e. The number of hydrogen-bond acceptors (Lipinski definition) is 4. The van der Waals surface area contributed by atoms with E-state index in [4.69, 9.17) is 4.42 Å². The van der Waals surface area contributed by atoms with E-state index < -0.39 is 0 Å². The molecule has 1 aromatic carbocycles. The fourth-order valence-electron chi connectivity index (χ4n) is 3.07. The van der Waals surface area contributed by atoms with Crippen LogP contribution in [0.1, 0.15) is 28.7 Å². The van der Waals surface area contributed by atoms with Crippen LogP contribution in [-0.2, 0) is 12.2 Å². The van der Waals surface area contributed by atoms with Gasteiger partial charge < -0.3 is 14.1 Å². The van der Waals surface area contributed by atoms with Gasteiger partial charge in [0.05, 0.1) is 17.5 Å². The van der Waals surface area contributed by atoms with Gasteiger partial charge in [-0.1, -0.05) is 18.2 Å². The summed E-state index contributed by atoms with van der Waals surface area (Å²) in [7, 11) is 0. The lowest BCUT2D eigenvalue weighted by molar-refractivity contribution is 0.0936. The molecule has 0 aliphatic carbocycles. The first kappa shape index (κ1) is 18.4. The van der Waals surface area contributed by atoms with E-state index in [1.54, 1.807) is 18.0 Å². The molecule has 0 bridgehead atoms. The van der Waals surface area contributed by atoms with Gasteiger partial charge in [0.2, 0.25) is 0 Å². The zero-order valence-electron chi connectivity index (χ0n) is 15.5. The summed E-state index contributed by atoms with van der Waals surface area (Å²) in [5.74, 6) is 1.49. The Morgan fingerprint density at radius 3 is 2.86 bits per heavy atom. The molecule has 0 spiro atoms. The fourth-order valence-corrected chi connectivity index (χ4v) is 4.01. The second-order valence-corrected chi connectivity index (χ2v) is 7.66. The van der Waals surface area contributed by atoms with Gasteiger partial charge in [-0.25, -0.2) is 4.98 Å². The SMILES string of the molecule is CC(Cc1ccco1)NC(=O)c1ccccc1SCc1cn2ccccc2n1. The van der Waals surface area contributed by atoms with Crippen LogP contribution in [0, 0.1) is 0 Å². The molecule has 6 heteroatoms. The monoisotopic (exact) mass is 391 g/mol. The summed E-state index contributed by atoms with van der Waals surface area (Å²) < 4.78 is 7.37. The van der Waals surface area contributed by atoms with Gasteiger partial charge in [-0.05, 0) is 43.3 Å². The van der Waals surface area contributed by atoms with E-state index in [1.165, 1.54) is 0 Å². The molecule has 4 aromatic rings. The van der Waals surface area contributed by atoms with E-state index in [0.717, 1.165) is 22.0 Å². The quantitative estimate of drug-likeness (QED) is 0.469. The maximum absolute atomic E-state index is 12.8. The summed E-state index contributed by atoms with van der Waals surface area (Å²) in [5.41, 5.74) is 2.59. The Balaban J connectivity index is 1.43. The van der Waals surface area contributed by atoms with Crippen molar-refractivity contribution >= 4 is 23.3 Å². The lowest BCUT2D eigenvalue weighted by Crippen LogP contribution is -2.34. The number of carbonyl (C=O) groups excluding carboxylic acids is 1. The molecule has 1 atom stereocenters. The van der Waals surface area contributed by atoms with Crippen molar-refractivity contribution in [1.82, 2.24) is 14.7 Å². The molecule has 5 nitrogen and oxygen atoms in total. The minimum absolute atomic E-state index is 0.0184. The second-order valence-electron chi connectivity index (χ2n) is 6.64. The number of nitrogens with zero attached hydrogens (tertiary/aromatic N) is 2. The number of rotatable bonds is 7. The third-order valence-corrected chi connectivity index (χ3v) is 5.49. The number of thioether (sulfide) groups is 1. The van der Waals surface area contributed by atoms with Gasteiger partial charge in [-0.2, -0.15) is 0 Å². The summed E-state index contributed by atoms with van der Waals surface area (Å²) in [6, 6.07) is 17.4. The number of furan rings is 1. The van der Waals surface area contributed by atoms with Gasteiger partial charge in [0.1, 0.15) is 11.4 Å². The van der Waals surface area contributed by atoms with Crippen molar-refractivity contribution in [2.75, 3.05) is 0 Å². The van der Waals surface area contributed by atoms with Crippen LogP contribution in [0.4, 0.5) is 0 Å². The molecule has 0 saturated carbocycles. The molecule has 28 heavy (non-hydrogen) atoms. The number of hydrogen-bond donors (Lipinski definition) is 1. The number of fused-ring (bicyclic) bond motifs is 1. The Morgan fingerprint density at radius 1 is 1.18 bits per heavy atom. The van der Waals surface area contributed by atoms with E-state index >= 15 is 0 Å². The predicted octanol–water partition coefficient (Wildman–Crippen LogP) is 4.58. The molecule has 0 aliphatic rings. The Hall–Kier alpha value is -2.99. The maximum Gasteiger partial charge on any atom is 0.252 e. The highest BCUT2D eigenvalue weighted by molar-refractivity contribution is 7.98. The number of carbonyl (C=O) groups is 1. The highest BCUT2D eigenvalue weighted by atomic mass is 32.2. The van der Waals surface area contributed by atoms with Crippen molar-refractivity contribution < 1.29 is 9.21 Å². The molecular formula is C22H21N3O2S. The van der Waals surface area contributed by atoms with Crippen molar-refractivity contribution in [1.29, 1.82) is 0 Å². The number of pyridine rings is 1. The van der Waals surface area contributed by atoms with Gasteiger partial charge in [0, 0.05) is 35.5 Å². The molecule has 142 valence electrons. The van der Waals surface area contributed by atoms with Crippen molar-refractivity contribution in [3.05, 3.63) is 90.3 Å². The highest BCUT2D eigenvalue weighted by Crippen LogP contribution is 2.26. The largest absolute Gasteiger partial charge is 0.469 e. The average molecular weight is 391 g/mol. The Kier molecular flexibility index (Phi) is 5.48. The molecule has 0 radical (unpaired) electrons. The molecule has 0 saturated heterocycles. The summed E-state index contributed by atoms with van der Waals surface area (Å²) in [4.78, 5) is 18.4. The van der Waals surface area contributed by atoms with Gasteiger partial charge in [-0.3, -0.25) is 4.79 Å². The topological polar surface area (TPSA) is 59.5 Å². The van der Waals surface area contributed by atoms with E-state index in [2.05, 4.69) is 10.3 Å². The molecule has 0 fully saturated rings. The smallest absolute Gasteiger partial charge is 0.252 e. The normalized spacial score (nSPS) is 12.2. The maximum atomic E-state index is 12.8. The molecule has 4 rings (SSSR count). The van der Waals surface area contributed by atoms with E-state index in [0.29, 0.717) is 17.7 Å². The van der Waals surface area contributed by atoms with Gasteiger partial charge >= 0.3 is 0 Å². The van der Waals surface area contributed by atoms with E-state index in [9.17, 15) is 4.79 Å². The fraction of sp³-hybridized carbons (Fsp3) is 0.182. The van der Waals surface area contributed by atoms with Crippen LogP contribution in [0.25, 0.3) is 5.65 Å². The first-order valence-electron chi connectivity index (χ1n) is 9.17. The second kappa shape index (κ2) is 8.35. The first-order valence-corrected chi connectivity index (χ1v) is 10.2. The standard InChI is InChI=1S/C22H21N3O2S/c1-16(13-18-7-6-12-27-18)23-22(26)19-8-2-3-9-20(19)28-15-17-14-25-11-5-4-10-21(25)24-17/h2-12,14,16H,13,15H2,1H3,(H,23,26). The summed E-state index contributed by atoms with van der Waals surface area (Å²) in [6.07, 6.45) is 6.32. The molecule has 1 amide bonds. The van der Waals surface area contributed by atoms with Crippen molar-refractivity contribution in [3.63, 3.8) is 0 Å². The number of imidazole rings is 1. The van der Waals surface area contributed by atoms with E-state index in [1.807, 2.05) is 78.3 Å². The average Bonchev–Trinajstić information content (AvgIpc) is 3.35. The van der Waals surface area contributed by atoms with Crippen LogP contribution >= 0.6 is 11.8 Å². The van der Waals surface area contributed by atoms with Crippen molar-refractivity contribution in [2.45, 2.75) is 30.0 Å². The van der Waals surface area contributed by atoms with Gasteiger partial charge in [0.25, 0.3) is 5.91 Å². The number of aromatic nitrogens is 2. The molecule has 1 unspecified atom stereocenters. The first-order chi connectivity index (χ1) is 13.7. The minimum atomic E-state index is -0.0721. The molecule has 3 heterocycles. The van der Waals surface area contributed by atoms with Gasteiger partial charge in [0.15, 0.2) is 0 Å². The summed E-state index contributed by atoms with van der Waals surface area (Å²) in [6.45, 7) is 1.98. The van der Waals surface area contributed by atoms with Crippen LogP contribution < -0.4 is 5.32 Å². The third-order valence-electron chi connectivity index (χ3n) is 4.39. The third kappa shape index (κ3) is 4.28. The van der Waals surface area contributed by atoms with Crippen molar-refractivity contribution in [3.8, 4) is 0 Å². The molecule has 0 aliphatic heterocycles. The Bertz CT molecular complexity index is 1040. The van der Waals surface area contributed by atoms with Crippen LogP contribution in [0.5, 0.6) is 0 Å². The Morgan fingerprint density at radius 2 is 2.04 bits per heavy atom. The predicted molar refractivity (Wildman–Crippen MR) is 111 cm³/mol. The van der Waals surface area contributed by atoms with E-state index in [-0.39, 0.29) is 11.9 Å². The molecule has 3 aromatic heterocycles. The Labute approximate surface area is 167 Å². The highest BCUT2D eigenvalue weighted by Gasteiger charge is 2.15. The van der Waals surface area contributed by atoms with Crippen LogP contribution in [0.2, 0.25) is 0 Å². The van der Waals surface area contributed by atoms with Gasteiger partial charge in [-0.15, -0.1) is 11.8 Å². The summed E-state index contributed by atoms with van der Waals surface area (Å²) >= 11 is 1.62. The number of nitrogens with one attached hydrogen (secondary N) is 1. The summed E-state index contributed by atoms with van der Waals surface area (Å²) in [5, 5.41) is 3.06. The zero-order valence-corrected chi connectivity index (χ0v) is 16.4. The van der Waals surface area contributed by atoms with Crippen LogP contribution in [-0.4, -0.2) is 21.3 Å². The van der Waals surface area contributed by atoms with Crippen LogP contribution in [0.3, 0.4) is 0 Å². The van der Waals surface area contributed by atoms with Crippen molar-refractivity contribution in [2.24, 2.45) is 0 Å². The van der Waals surface area contributed by atoms with Crippen LogP contribution in [0.15, 0.2) is 82.6 Å². The number of benzene rings is 1. The lowest BCUT2D eigenvalue weighted by atomic mass is 10.1. The molecule has 1 N–H and O–H groups in total. The zero-order chi connectivity index (χ0) is 19.3. The number of amides is 1. The molecular weight excluding hydrogens is 370 g/mol.